The first kappa shape index (κ1) is 15.9. The molecule has 2 unspecified atom stereocenters. The van der Waals surface area contributed by atoms with Crippen molar-refractivity contribution < 1.29 is 19.8 Å². The number of carbonyl (C=O) groups excluding carboxylic acids is 2. The van der Waals surface area contributed by atoms with Gasteiger partial charge in [0.25, 0.3) is 0 Å². The zero-order valence-corrected chi connectivity index (χ0v) is 12.6. The Kier molecular flexibility index (Phi) is 4.41. The highest BCUT2D eigenvalue weighted by Crippen LogP contribution is 2.22. The minimum atomic E-state index is -1.21. The Balaban J connectivity index is 1.75. The number of benzene rings is 1. The first-order chi connectivity index (χ1) is 11.5. The number of allylic oxidation sites excluding steroid dienone is 4. The van der Waals surface area contributed by atoms with Gasteiger partial charge in [-0.05, 0) is 42.5 Å². The topological polar surface area (TPSA) is 98.7 Å². The van der Waals surface area contributed by atoms with Crippen LogP contribution in [0.5, 0.6) is 0 Å². The van der Waals surface area contributed by atoms with Gasteiger partial charge in [-0.15, -0.1) is 0 Å². The summed E-state index contributed by atoms with van der Waals surface area (Å²) in [6, 6.07) is 7.06. The van der Waals surface area contributed by atoms with Crippen LogP contribution < -0.4 is 10.6 Å². The molecule has 2 aliphatic carbocycles. The third kappa shape index (κ3) is 3.34. The molecule has 2 aliphatic rings. The van der Waals surface area contributed by atoms with Gasteiger partial charge in [0.15, 0.2) is 23.8 Å². The van der Waals surface area contributed by atoms with E-state index in [0.29, 0.717) is 22.8 Å². The fourth-order valence-corrected chi connectivity index (χ4v) is 2.39. The van der Waals surface area contributed by atoms with Crippen LogP contribution in [0.2, 0.25) is 0 Å². The van der Waals surface area contributed by atoms with E-state index < -0.39 is 12.2 Å². The number of hydrogen-bond acceptors (Lipinski definition) is 6. The molecular formula is C18H16N2O4. The number of anilines is 2. The molecule has 0 radical (unpaired) electrons. The van der Waals surface area contributed by atoms with Crippen LogP contribution in [0.1, 0.15) is 0 Å². The molecule has 0 bridgehead atoms. The van der Waals surface area contributed by atoms with Crippen molar-refractivity contribution in [3.05, 3.63) is 72.1 Å². The van der Waals surface area contributed by atoms with Crippen LogP contribution in [0.4, 0.5) is 11.4 Å². The zero-order valence-electron chi connectivity index (χ0n) is 12.6. The van der Waals surface area contributed by atoms with Gasteiger partial charge < -0.3 is 20.8 Å². The number of hydrogen-bond donors (Lipinski definition) is 4. The first-order valence-corrected chi connectivity index (χ1v) is 7.39. The molecule has 0 saturated heterocycles. The molecule has 0 fully saturated rings. The van der Waals surface area contributed by atoms with E-state index in [1.54, 1.807) is 48.6 Å². The highest BCUT2D eigenvalue weighted by atomic mass is 16.3. The quantitative estimate of drug-likeness (QED) is 0.666. The molecule has 0 amide bonds. The predicted molar refractivity (Wildman–Crippen MR) is 90.2 cm³/mol. The molecule has 122 valence electrons. The van der Waals surface area contributed by atoms with Gasteiger partial charge in [-0.25, -0.2) is 0 Å². The number of carbonyl (C=O) groups is 2. The van der Waals surface area contributed by atoms with Crippen LogP contribution in [0, 0.1) is 0 Å². The lowest BCUT2D eigenvalue weighted by Crippen LogP contribution is -2.27. The normalized spacial score (nSPS) is 22.9. The summed E-state index contributed by atoms with van der Waals surface area (Å²) in [7, 11) is 0. The molecule has 0 spiro atoms. The Hall–Kier alpha value is -2.96. The van der Waals surface area contributed by atoms with E-state index in [-0.39, 0.29) is 11.6 Å². The monoisotopic (exact) mass is 324 g/mol. The molecule has 1 aromatic carbocycles. The summed E-state index contributed by atoms with van der Waals surface area (Å²) in [4.78, 5) is 23.0. The Morgan fingerprint density at radius 3 is 1.71 bits per heavy atom. The van der Waals surface area contributed by atoms with Crippen LogP contribution in [-0.4, -0.2) is 34.0 Å². The molecule has 6 nitrogen and oxygen atoms in total. The first-order valence-electron chi connectivity index (χ1n) is 7.39. The third-order valence-electron chi connectivity index (χ3n) is 3.64. The second-order valence-electron chi connectivity index (χ2n) is 5.40. The predicted octanol–water partition coefficient (Wildman–Crippen LogP) is 1.28. The number of rotatable bonds is 4. The molecule has 1 aromatic rings. The minimum Gasteiger partial charge on any atom is -0.379 e. The SMILES string of the molecule is O=C1C=CC=C(Nc2cccc(NC3=CC=CC(=O)C3O)c2)C1O. The van der Waals surface area contributed by atoms with E-state index in [2.05, 4.69) is 10.6 Å². The molecule has 2 atom stereocenters. The largest absolute Gasteiger partial charge is 0.379 e. The summed E-state index contributed by atoms with van der Waals surface area (Å²) >= 11 is 0. The molecule has 0 heterocycles. The van der Waals surface area contributed by atoms with Crippen molar-refractivity contribution in [1.29, 1.82) is 0 Å². The second kappa shape index (κ2) is 6.66. The Morgan fingerprint density at radius 2 is 1.25 bits per heavy atom. The summed E-state index contributed by atoms with van der Waals surface area (Å²) in [6.07, 6.45) is 6.60. The molecule has 0 aromatic heterocycles. The van der Waals surface area contributed by atoms with E-state index in [4.69, 9.17) is 0 Å². The van der Waals surface area contributed by atoms with Crippen molar-refractivity contribution in [2.45, 2.75) is 12.2 Å². The maximum Gasteiger partial charge on any atom is 0.190 e. The average Bonchev–Trinajstić information content (AvgIpc) is 2.57. The standard InChI is InChI=1S/C18H16N2O4/c21-15-8-2-6-13(17(15)23)19-11-4-1-5-12(10-11)20-14-7-3-9-16(22)18(14)24/h1-10,17-20,23-24H. The van der Waals surface area contributed by atoms with Crippen LogP contribution >= 0.6 is 0 Å². The average molecular weight is 324 g/mol. The van der Waals surface area contributed by atoms with Crippen LogP contribution in [-0.2, 0) is 9.59 Å². The highest BCUT2D eigenvalue weighted by Gasteiger charge is 2.21. The number of aliphatic hydroxyl groups excluding tert-OH is 2. The Labute approximate surface area is 138 Å². The molecular weight excluding hydrogens is 308 g/mol. The molecule has 0 saturated carbocycles. The minimum absolute atomic E-state index is 0.380. The van der Waals surface area contributed by atoms with Crippen LogP contribution in [0.3, 0.4) is 0 Å². The summed E-state index contributed by atoms with van der Waals surface area (Å²) < 4.78 is 0. The number of nitrogens with one attached hydrogen (secondary N) is 2. The van der Waals surface area contributed by atoms with Gasteiger partial charge in [-0.3, -0.25) is 9.59 Å². The van der Waals surface area contributed by atoms with E-state index in [0.717, 1.165) is 0 Å². The van der Waals surface area contributed by atoms with Crippen molar-refractivity contribution >= 4 is 22.9 Å². The lowest BCUT2D eigenvalue weighted by atomic mass is 10.1. The molecule has 0 aliphatic heterocycles. The van der Waals surface area contributed by atoms with Crippen molar-refractivity contribution in [2.24, 2.45) is 0 Å². The number of aliphatic hydroxyl groups is 2. The molecule has 6 heteroatoms. The molecule has 24 heavy (non-hydrogen) atoms. The highest BCUT2D eigenvalue weighted by molar-refractivity contribution is 5.98. The third-order valence-corrected chi connectivity index (χ3v) is 3.64. The fraction of sp³-hybridized carbons (Fsp3) is 0.111. The van der Waals surface area contributed by atoms with E-state index in [1.165, 1.54) is 12.2 Å². The fourth-order valence-electron chi connectivity index (χ4n) is 2.39. The summed E-state index contributed by atoms with van der Waals surface area (Å²) in [5.41, 5.74) is 2.08. The second-order valence-corrected chi connectivity index (χ2v) is 5.40. The van der Waals surface area contributed by atoms with Gasteiger partial charge in [0.2, 0.25) is 0 Å². The van der Waals surface area contributed by atoms with Crippen molar-refractivity contribution in [3.63, 3.8) is 0 Å². The number of ketones is 2. The summed E-state index contributed by atoms with van der Waals surface area (Å²) in [6.45, 7) is 0. The Bertz CT molecular complexity index is 742. The lowest BCUT2D eigenvalue weighted by Gasteiger charge is -2.19. The van der Waals surface area contributed by atoms with Crippen LogP contribution in [0.25, 0.3) is 0 Å². The van der Waals surface area contributed by atoms with E-state index in [9.17, 15) is 19.8 Å². The Morgan fingerprint density at radius 1 is 0.792 bits per heavy atom. The maximum absolute atomic E-state index is 11.5. The van der Waals surface area contributed by atoms with Gasteiger partial charge in [0, 0.05) is 11.4 Å². The molecule has 4 N–H and O–H groups in total. The summed E-state index contributed by atoms with van der Waals surface area (Å²) in [5.74, 6) is -0.759. The summed E-state index contributed by atoms with van der Waals surface area (Å²) in [5, 5.41) is 25.7. The zero-order chi connectivity index (χ0) is 17.1. The molecule has 3 rings (SSSR count). The smallest absolute Gasteiger partial charge is 0.190 e. The lowest BCUT2D eigenvalue weighted by molar-refractivity contribution is -0.121. The van der Waals surface area contributed by atoms with Crippen molar-refractivity contribution in [3.8, 4) is 0 Å². The van der Waals surface area contributed by atoms with Gasteiger partial charge in [0.1, 0.15) is 0 Å². The van der Waals surface area contributed by atoms with Gasteiger partial charge >= 0.3 is 0 Å². The van der Waals surface area contributed by atoms with Crippen molar-refractivity contribution in [1.82, 2.24) is 0 Å². The van der Waals surface area contributed by atoms with Crippen molar-refractivity contribution in [2.75, 3.05) is 10.6 Å². The van der Waals surface area contributed by atoms with E-state index in [1.807, 2.05) is 0 Å². The van der Waals surface area contributed by atoms with Gasteiger partial charge in [0.05, 0.1) is 11.4 Å². The van der Waals surface area contributed by atoms with Gasteiger partial charge in [-0.2, -0.15) is 0 Å². The maximum atomic E-state index is 11.5. The van der Waals surface area contributed by atoms with E-state index >= 15 is 0 Å². The van der Waals surface area contributed by atoms with Crippen LogP contribution in [0.15, 0.2) is 72.1 Å². The van der Waals surface area contributed by atoms with Gasteiger partial charge in [-0.1, -0.05) is 18.2 Å².